The van der Waals surface area contributed by atoms with Crippen LogP contribution < -0.4 is 10.1 Å². The molecule has 1 saturated heterocycles. The number of fused-ring (bicyclic) bond motifs is 1. The minimum absolute atomic E-state index is 0.229. The number of aliphatic hydroxyl groups excluding tert-OH is 1. The van der Waals surface area contributed by atoms with E-state index in [2.05, 4.69) is 5.32 Å². The SMILES string of the molecule is Cc1cc2c(cc1Cl)C(O)CC1(CCNC1)O2. The van der Waals surface area contributed by atoms with Crippen molar-refractivity contribution in [2.24, 2.45) is 0 Å². The highest BCUT2D eigenvalue weighted by Crippen LogP contribution is 2.43. The Balaban J connectivity index is 2.03. The highest BCUT2D eigenvalue weighted by molar-refractivity contribution is 6.31. The molecule has 1 aromatic rings. The molecule has 1 fully saturated rings. The van der Waals surface area contributed by atoms with E-state index in [4.69, 9.17) is 16.3 Å². The van der Waals surface area contributed by atoms with Crippen molar-refractivity contribution >= 4 is 11.6 Å². The van der Waals surface area contributed by atoms with E-state index in [1.54, 1.807) is 0 Å². The van der Waals surface area contributed by atoms with Crippen LogP contribution in [0, 0.1) is 6.92 Å². The van der Waals surface area contributed by atoms with E-state index in [0.29, 0.717) is 11.4 Å². The van der Waals surface area contributed by atoms with Crippen LogP contribution in [0.4, 0.5) is 0 Å². The van der Waals surface area contributed by atoms with E-state index in [-0.39, 0.29) is 5.60 Å². The summed E-state index contributed by atoms with van der Waals surface area (Å²) < 4.78 is 6.11. The van der Waals surface area contributed by atoms with Gasteiger partial charge in [0.1, 0.15) is 11.4 Å². The molecule has 0 saturated carbocycles. The van der Waals surface area contributed by atoms with Gasteiger partial charge in [0.15, 0.2) is 0 Å². The predicted molar refractivity (Wildman–Crippen MR) is 66.6 cm³/mol. The van der Waals surface area contributed by atoms with Crippen LogP contribution in [0.5, 0.6) is 5.75 Å². The lowest BCUT2D eigenvalue weighted by Gasteiger charge is -2.37. The van der Waals surface area contributed by atoms with Crippen LogP contribution in [-0.4, -0.2) is 23.8 Å². The number of aliphatic hydroxyl groups is 1. The standard InChI is InChI=1S/C13H16ClNO2/c1-8-4-12-9(5-10(8)14)11(16)6-13(17-12)2-3-15-7-13/h4-5,11,15-16H,2-3,6-7H2,1H3. The van der Waals surface area contributed by atoms with Gasteiger partial charge >= 0.3 is 0 Å². The van der Waals surface area contributed by atoms with Gasteiger partial charge < -0.3 is 15.2 Å². The first-order valence-corrected chi connectivity index (χ1v) is 6.35. The topological polar surface area (TPSA) is 41.5 Å². The lowest BCUT2D eigenvalue weighted by atomic mass is 9.88. The molecular formula is C13H16ClNO2. The van der Waals surface area contributed by atoms with E-state index < -0.39 is 6.10 Å². The number of nitrogens with one attached hydrogen (secondary N) is 1. The molecule has 92 valence electrons. The van der Waals surface area contributed by atoms with Crippen LogP contribution in [0.1, 0.15) is 30.1 Å². The summed E-state index contributed by atoms with van der Waals surface area (Å²) in [5.74, 6) is 0.786. The van der Waals surface area contributed by atoms with Gasteiger partial charge in [-0.25, -0.2) is 0 Å². The average Bonchev–Trinajstić information content (AvgIpc) is 2.70. The molecule has 0 aliphatic carbocycles. The molecule has 0 bridgehead atoms. The Morgan fingerprint density at radius 1 is 1.53 bits per heavy atom. The lowest BCUT2D eigenvalue weighted by molar-refractivity contribution is -0.000323. The summed E-state index contributed by atoms with van der Waals surface area (Å²) in [4.78, 5) is 0. The fraction of sp³-hybridized carbons (Fsp3) is 0.538. The second-order valence-corrected chi connectivity index (χ2v) is 5.48. The summed E-state index contributed by atoms with van der Waals surface area (Å²) in [6.07, 6.45) is 1.12. The van der Waals surface area contributed by atoms with Gasteiger partial charge in [0.25, 0.3) is 0 Å². The molecule has 1 aromatic carbocycles. The van der Waals surface area contributed by atoms with Crippen molar-refractivity contribution in [2.75, 3.05) is 13.1 Å². The van der Waals surface area contributed by atoms with E-state index in [9.17, 15) is 5.11 Å². The fourth-order valence-electron chi connectivity index (χ4n) is 2.74. The molecule has 0 amide bonds. The Kier molecular flexibility index (Phi) is 2.58. The summed E-state index contributed by atoms with van der Waals surface area (Å²) in [5.41, 5.74) is 1.57. The molecule has 0 aromatic heterocycles. The van der Waals surface area contributed by atoms with Crippen molar-refractivity contribution < 1.29 is 9.84 Å². The maximum atomic E-state index is 10.2. The molecule has 2 N–H and O–H groups in total. The monoisotopic (exact) mass is 253 g/mol. The van der Waals surface area contributed by atoms with Gasteiger partial charge in [-0.15, -0.1) is 0 Å². The molecular weight excluding hydrogens is 238 g/mol. The van der Waals surface area contributed by atoms with Crippen LogP contribution >= 0.6 is 11.6 Å². The predicted octanol–water partition coefficient (Wildman–Crippen LogP) is 2.20. The normalized spacial score (nSPS) is 31.4. The zero-order chi connectivity index (χ0) is 12.0. The van der Waals surface area contributed by atoms with E-state index >= 15 is 0 Å². The van der Waals surface area contributed by atoms with Crippen LogP contribution in [0.15, 0.2) is 12.1 Å². The Hall–Kier alpha value is -0.770. The van der Waals surface area contributed by atoms with Gasteiger partial charge in [-0.2, -0.15) is 0 Å². The molecule has 2 aliphatic rings. The van der Waals surface area contributed by atoms with Crippen LogP contribution in [0.3, 0.4) is 0 Å². The Labute approximate surface area is 106 Å². The summed E-state index contributed by atoms with van der Waals surface area (Å²) in [6, 6.07) is 3.76. The molecule has 4 heteroatoms. The van der Waals surface area contributed by atoms with Crippen molar-refractivity contribution in [3.63, 3.8) is 0 Å². The summed E-state index contributed by atoms with van der Waals surface area (Å²) in [5, 5.41) is 14.2. The van der Waals surface area contributed by atoms with Crippen molar-refractivity contribution in [3.8, 4) is 5.75 Å². The van der Waals surface area contributed by atoms with Gasteiger partial charge in [-0.1, -0.05) is 11.6 Å². The molecule has 2 unspecified atom stereocenters. The quantitative estimate of drug-likeness (QED) is 0.745. The molecule has 2 aliphatic heterocycles. The minimum atomic E-state index is -0.475. The van der Waals surface area contributed by atoms with Gasteiger partial charge in [0.05, 0.1) is 6.10 Å². The maximum absolute atomic E-state index is 10.2. The zero-order valence-corrected chi connectivity index (χ0v) is 10.5. The number of rotatable bonds is 0. The van der Waals surface area contributed by atoms with Gasteiger partial charge in [-0.3, -0.25) is 0 Å². The molecule has 3 rings (SSSR count). The summed E-state index contributed by atoms with van der Waals surface area (Å²) in [7, 11) is 0. The molecule has 0 radical (unpaired) electrons. The van der Waals surface area contributed by atoms with Gasteiger partial charge in [0.2, 0.25) is 0 Å². The number of benzene rings is 1. The van der Waals surface area contributed by atoms with E-state index in [1.165, 1.54) is 0 Å². The first-order chi connectivity index (χ1) is 8.10. The second kappa shape index (κ2) is 3.87. The third-order valence-corrected chi connectivity index (χ3v) is 4.15. The number of hydrogen-bond acceptors (Lipinski definition) is 3. The average molecular weight is 254 g/mol. The minimum Gasteiger partial charge on any atom is -0.485 e. The molecule has 17 heavy (non-hydrogen) atoms. The zero-order valence-electron chi connectivity index (χ0n) is 9.79. The smallest absolute Gasteiger partial charge is 0.126 e. The summed E-state index contributed by atoms with van der Waals surface area (Å²) in [6.45, 7) is 3.71. The van der Waals surface area contributed by atoms with E-state index in [1.807, 2.05) is 19.1 Å². The van der Waals surface area contributed by atoms with Crippen molar-refractivity contribution in [3.05, 3.63) is 28.3 Å². The van der Waals surface area contributed by atoms with Crippen LogP contribution in [-0.2, 0) is 0 Å². The fourth-order valence-corrected chi connectivity index (χ4v) is 2.91. The third kappa shape index (κ3) is 1.82. The Morgan fingerprint density at radius 2 is 2.35 bits per heavy atom. The van der Waals surface area contributed by atoms with Crippen LogP contribution in [0.25, 0.3) is 0 Å². The number of hydrogen-bond donors (Lipinski definition) is 2. The van der Waals surface area contributed by atoms with Crippen molar-refractivity contribution in [1.82, 2.24) is 5.32 Å². The number of aryl methyl sites for hydroxylation is 1. The first kappa shape index (κ1) is 11.3. The molecule has 3 nitrogen and oxygen atoms in total. The Morgan fingerprint density at radius 3 is 3.06 bits per heavy atom. The number of halogens is 1. The summed E-state index contributed by atoms with van der Waals surface area (Å²) >= 11 is 6.08. The highest BCUT2D eigenvalue weighted by Gasteiger charge is 2.42. The van der Waals surface area contributed by atoms with Crippen molar-refractivity contribution in [2.45, 2.75) is 31.5 Å². The maximum Gasteiger partial charge on any atom is 0.126 e. The van der Waals surface area contributed by atoms with Crippen LogP contribution in [0.2, 0.25) is 5.02 Å². The molecule has 1 spiro atoms. The first-order valence-electron chi connectivity index (χ1n) is 5.97. The van der Waals surface area contributed by atoms with Gasteiger partial charge in [-0.05, 0) is 31.2 Å². The number of ether oxygens (including phenoxy) is 1. The van der Waals surface area contributed by atoms with Crippen molar-refractivity contribution in [1.29, 1.82) is 0 Å². The lowest BCUT2D eigenvalue weighted by Crippen LogP contribution is -2.43. The van der Waals surface area contributed by atoms with E-state index in [0.717, 1.165) is 36.4 Å². The second-order valence-electron chi connectivity index (χ2n) is 5.07. The third-order valence-electron chi connectivity index (χ3n) is 3.75. The molecule has 2 heterocycles. The highest BCUT2D eigenvalue weighted by atomic mass is 35.5. The molecule has 2 atom stereocenters. The Bertz CT molecular complexity index is 455. The van der Waals surface area contributed by atoms with Gasteiger partial charge in [0, 0.05) is 30.0 Å². The largest absolute Gasteiger partial charge is 0.485 e.